The van der Waals surface area contributed by atoms with E-state index in [9.17, 15) is 0 Å². The summed E-state index contributed by atoms with van der Waals surface area (Å²) in [5.74, 6) is 0. The van der Waals surface area contributed by atoms with E-state index in [1.165, 1.54) is 5.57 Å². The number of rotatable bonds is 4. The van der Waals surface area contributed by atoms with Gasteiger partial charge < -0.3 is 4.52 Å². The van der Waals surface area contributed by atoms with E-state index in [0.29, 0.717) is 8.50 Å². The molecule has 0 amide bonds. The van der Waals surface area contributed by atoms with Crippen molar-refractivity contribution in [2.75, 3.05) is 6.61 Å². The molecular formula is C6H14OP2. The smallest absolute Gasteiger partial charge is 0.0693 e. The minimum absolute atomic E-state index is 0.531. The van der Waals surface area contributed by atoms with Crippen LogP contribution in [-0.4, -0.2) is 6.61 Å². The maximum absolute atomic E-state index is 5.12. The van der Waals surface area contributed by atoms with Gasteiger partial charge in [-0.2, -0.15) is 0 Å². The number of allylic oxidation sites excluding steroid dienone is 1. The Kier molecular flexibility index (Phi) is 7.09. The molecule has 0 aliphatic rings. The maximum atomic E-state index is 5.12. The van der Waals surface area contributed by atoms with Crippen LogP contribution in [0.25, 0.3) is 0 Å². The van der Waals surface area contributed by atoms with Crippen molar-refractivity contribution in [2.45, 2.75) is 20.3 Å². The Morgan fingerprint density at radius 1 is 1.78 bits per heavy atom. The fourth-order valence-electron chi connectivity index (χ4n) is 0.376. The summed E-state index contributed by atoms with van der Waals surface area (Å²) in [5.41, 5.74) is 1.40. The lowest BCUT2D eigenvalue weighted by Crippen LogP contribution is -1.79. The molecule has 0 bridgehead atoms. The first-order chi connectivity index (χ1) is 4.31. The summed E-state index contributed by atoms with van der Waals surface area (Å²) in [4.78, 5) is 0. The van der Waals surface area contributed by atoms with Crippen LogP contribution in [0.2, 0.25) is 0 Å². The third-order valence-corrected chi connectivity index (χ3v) is 1.99. The molecule has 2 unspecified atom stereocenters. The van der Waals surface area contributed by atoms with Gasteiger partial charge >= 0.3 is 0 Å². The van der Waals surface area contributed by atoms with E-state index in [4.69, 9.17) is 4.52 Å². The van der Waals surface area contributed by atoms with Crippen molar-refractivity contribution in [3.8, 4) is 0 Å². The van der Waals surface area contributed by atoms with E-state index in [0.717, 1.165) is 13.0 Å². The molecule has 0 spiro atoms. The molecule has 0 saturated heterocycles. The zero-order valence-corrected chi connectivity index (χ0v) is 8.13. The van der Waals surface area contributed by atoms with E-state index in [2.05, 4.69) is 28.9 Å². The van der Waals surface area contributed by atoms with Gasteiger partial charge in [-0.3, -0.25) is 0 Å². The maximum Gasteiger partial charge on any atom is 0.0693 e. The van der Waals surface area contributed by atoms with E-state index >= 15 is 0 Å². The normalized spacial score (nSPS) is 13.4. The number of hydrogen-bond donors (Lipinski definition) is 0. The average molecular weight is 164 g/mol. The molecule has 2 atom stereocenters. The van der Waals surface area contributed by atoms with Gasteiger partial charge in [-0.25, -0.2) is 0 Å². The van der Waals surface area contributed by atoms with Gasteiger partial charge in [-0.05, 0) is 13.3 Å². The Labute approximate surface area is 61.2 Å². The first-order valence-electron chi connectivity index (χ1n) is 3.04. The van der Waals surface area contributed by atoms with Crippen molar-refractivity contribution in [2.24, 2.45) is 0 Å². The molecule has 0 rings (SSSR count). The summed E-state index contributed by atoms with van der Waals surface area (Å²) in [6.07, 6.45) is 3.25. The van der Waals surface area contributed by atoms with E-state index in [1.807, 2.05) is 0 Å². The highest BCUT2D eigenvalue weighted by Gasteiger charge is 1.81. The van der Waals surface area contributed by atoms with Crippen LogP contribution in [0.1, 0.15) is 20.3 Å². The number of hydrogen-bond acceptors (Lipinski definition) is 1. The second-order valence-corrected chi connectivity index (χ2v) is 3.06. The van der Waals surface area contributed by atoms with Crippen LogP contribution >= 0.6 is 17.4 Å². The quantitative estimate of drug-likeness (QED) is 0.352. The Bertz CT molecular complexity index is 91.1. The van der Waals surface area contributed by atoms with Gasteiger partial charge in [0.05, 0.1) is 6.61 Å². The second kappa shape index (κ2) is 6.68. The Balaban J connectivity index is 3.21. The van der Waals surface area contributed by atoms with Crippen LogP contribution in [0, 0.1) is 0 Å². The largest absolute Gasteiger partial charge is 0.354 e. The predicted molar refractivity (Wildman–Crippen MR) is 48.0 cm³/mol. The van der Waals surface area contributed by atoms with Gasteiger partial charge in [-0.15, -0.1) is 0 Å². The third-order valence-electron chi connectivity index (χ3n) is 1.16. The summed E-state index contributed by atoms with van der Waals surface area (Å²) in [6, 6.07) is 0. The monoisotopic (exact) mass is 164 g/mol. The van der Waals surface area contributed by atoms with Gasteiger partial charge in [0.15, 0.2) is 0 Å². The fraction of sp³-hybridized carbons (Fsp3) is 0.667. The lowest BCUT2D eigenvalue weighted by molar-refractivity contribution is 0.422. The lowest BCUT2D eigenvalue weighted by Gasteiger charge is -1.95. The van der Waals surface area contributed by atoms with Crippen molar-refractivity contribution in [3.05, 3.63) is 11.6 Å². The third kappa shape index (κ3) is 6.45. The van der Waals surface area contributed by atoms with Crippen LogP contribution in [0.5, 0.6) is 0 Å². The standard InChI is InChI=1S/C6H14OP2/c1-3-6(2)4-5-7-9-8/h4,9H,3,5,8H2,1-2H3/b6-4+. The summed E-state index contributed by atoms with van der Waals surface area (Å²) < 4.78 is 5.12. The molecule has 0 aromatic carbocycles. The molecule has 9 heavy (non-hydrogen) atoms. The van der Waals surface area contributed by atoms with Gasteiger partial charge in [0, 0.05) is 8.50 Å². The molecule has 1 nitrogen and oxygen atoms in total. The highest BCUT2D eigenvalue weighted by Crippen LogP contribution is 2.20. The Hall–Kier alpha value is 0.560. The van der Waals surface area contributed by atoms with Crippen LogP contribution in [0.15, 0.2) is 11.6 Å². The molecule has 0 heterocycles. The summed E-state index contributed by atoms with van der Waals surface area (Å²) >= 11 is 0. The zero-order chi connectivity index (χ0) is 7.11. The molecule has 0 aliphatic heterocycles. The molecule has 0 N–H and O–H groups in total. The molecule has 3 heteroatoms. The van der Waals surface area contributed by atoms with Crippen molar-refractivity contribution in [3.63, 3.8) is 0 Å². The van der Waals surface area contributed by atoms with Crippen LogP contribution in [-0.2, 0) is 4.52 Å². The van der Waals surface area contributed by atoms with Crippen molar-refractivity contribution in [1.82, 2.24) is 0 Å². The van der Waals surface area contributed by atoms with Crippen LogP contribution in [0.3, 0.4) is 0 Å². The predicted octanol–water partition coefficient (Wildman–Crippen LogP) is 2.74. The van der Waals surface area contributed by atoms with Crippen molar-refractivity contribution in [1.29, 1.82) is 0 Å². The van der Waals surface area contributed by atoms with E-state index < -0.39 is 0 Å². The molecule has 0 fully saturated rings. The molecule has 0 aromatic heterocycles. The van der Waals surface area contributed by atoms with E-state index in [1.54, 1.807) is 0 Å². The summed E-state index contributed by atoms with van der Waals surface area (Å²) in [6.45, 7) is 5.03. The van der Waals surface area contributed by atoms with Gasteiger partial charge in [0.25, 0.3) is 0 Å². The zero-order valence-electron chi connectivity index (χ0n) is 5.98. The molecule has 0 aromatic rings. The van der Waals surface area contributed by atoms with Gasteiger partial charge in [-0.1, -0.05) is 27.5 Å². The lowest BCUT2D eigenvalue weighted by atomic mass is 10.2. The van der Waals surface area contributed by atoms with Crippen molar-refractivity contribution >= 4 is 17.4 Å². The summed E-state index contributed by atoms with van der Waals surface area (Å²) in [5, 5.41) is 0. The Morgan fingerprint density at radius 3 is 2.89 bits per heavy atom. The van der Waals surface area contributed by atoms with Crippen molar-refractivity contribution < 1.29 is 4.52 Å². The molecular weight excluding hydrogens is 150 g/mol. The molecule has 0 saturated carbocycles. The highest BCUT2D eigenvalue weighted by atomic mass is 32.0. The minimum Gasteiger partial charge on any atom is -0.354 e. The molecule has 54 valence electrons. The second-order valence-electron chi connectivity index (χ2n) is 1.83. The first kappa shape index (κ1) is 9.56. The van der Waals surface area contributed by atoms with Crippen LogP contribution < -0.4 is 0 Å². The van der Waals surface area contributed by atoms with Gasteiger partial charge in [0.1, 0.15) is 0 Å². The van der Waals surface area contributed by atoms with E-state index in [-0.39, 0.29) is 0 Å². The highest BCUT2D eigenvalue weighted by molar-refractivity contribution is 8.00. The topological polar surface area (TPSA) is 9.23 Å². The first-order valence-corrected chi connectivity index (χ1v) is 5.76. The van der Waals surface area contributed by atoms with Crippen LogP contribution in [0.4, 0.5) is 0 Å². The minimum atomic E-state index is 0.531. The SMILES string of the molecule is CC/C(C)=C/COPP. The molecule has 0 aliphatic carbocycles. The fourth-order valence-corrected chi connectivity index (χ4v) is 0.845. The van der Waals surface area contributed by atoms with Gasteiger partial charge in [0.2, 0.25) is 0 Å². The summed E-state index contributed by atoms with van der Waals surface area (Å²) in [7, 11) is 3.08. The Morgan fingerprint density at radius 2 is 2.44 bits per heavy atom. The average Bonchev–Trinajstić information content (AvgIpc) is 1.89. The molecule has 0 radical (unpaired) electrons.